The van der Waals surface area contributed by atoms with Crippen molar-refractivity contribution in [2.45, 2.75) is 31.8 Å². The predicted molar refractivity (Wildman–Crippen MR) is 120 cm³/mol. The van der Waals surface area contributed by atoms with Gasteiger partial charge in [0, 0.05) is 11.6 Å². The fraction of sp³-hybridized carbons (Fsp3) is 0.450. The minimum atomic E-state index is -1.89. The monoisotopic (exact) mass is 516 g/mol. The van der Waals surface area contributed by atoms with Gasteiger partial charge in [-0.15, -0.1) is 0 Å². The number of amides is 2. The van der Waals surface area contributed by atoms with Gasteiger partial charge in [0.15, 0.2) is 5.60 Å². The average Bonchev–Trinajstić information content (AvgIpc) is 3.10. The van der Waals surface area contributed by atoms with Gasteiger partial charge in [-0.3, -0.25) is 24.0 Å². The van der Waals surface area contributed by atoms with E-state index in [-0.39, 0.29) is 36.2 Å². The van der Waals surface area contributed by atoms with Crippen LogP contribution in [-0.4, -0.2) is 67.8 Å². The molecule has 1 fully saturated rings. The number of halogens is 2. The molecule has 1 heterocycles. The maximum absolute atomic E-state index is 12.1. The molecule has 1 aromatic carbocycles. The summed E-state index contributed by atoms with van der Waals surface area (Å²) in [6.45, 7) is 1.74. The third kappa shape index (κ3) is 8.19. The average molecular weight is 517 g/mol. The van der Waals surface area contributed by atoms with Crippen molar-refractivity contribution in [1.29, 1.82) is 0 Å². The number of benzene rings is 1. The number of carboxylic acid groups (broad SMARTS) is 1. The van der Waals surface area contributed by atoms with E-state index in [0.717, 1.165) is 0 Å². The molecule has 2 atom stereocenters. The maximum atomic E-state index is 12.1. The van der Waals surface area contributed by atoms with E-state index in [1.165, 1.54) is 18.2 Å². The van der Waals surface area contributed by atoms with Crippen LogP contribution in [0.2, 0.25) is 10.0 Å². The number of hydrogen-bond acceptors (Lipinski definition) is 8. The number of carbonyl (C=O) groups is 5. The second-order valence-corrected chi connectivity index (χ2v) is 8.51. The molecule has 1 aliphatic rings. The highest BCUT2D eigenvalue weighted by Gasteiger charge is 2.50. The first-order valence-electron chi connectivity index (χ1n) is 10.2. The second-order valence-electron chi connectivity index (χ2n) is 7.67. The second kappa shape index (κ2) is 12.6. The van der Waals surface area contributed by atoms with Crippen LogP contribution in [0, 0.1) is 5.92 Å². The molecule has 14 heteroatoms. The third-order valence-corrected chi connectivity index (χ3v) is 5.40. The van der Waals surface area contributed by atoms with Crippen molar-refractivity contribution < 1.29 is 43.1 Å². The summed E-state index contributed by atoms with van der Waals surface area (Å²) < 4.78 is 14.8. The molecule has 1 aromatic rings. The Morgan fingerprint density at radius 1 is 1.21 bits per heavy atom. The van der Waals surface area contributed by atoms with Crippen molar-refractivity contribution in [3.63, 3.8) is 0 Å². The summed E-state index contributed by atoms with van der Waals surface area (Å²) in [5.41, 5.74) is -1.74. The number of rotatable bonds is 12. The molecular formula is C20H23BCl2N2O9. The third-order valence-electron chi connectivity index (χ3n) is 4.83. The lowest BCUT2D eigenvalue weighted by Crippen LogP contribution is -2.41. The highest BCUT2D eigenvalue weighted by molar-refractivity contribution is 6.35. The number of carbonyl (C=O) groups excluding carboxylic acids is 4. The van der Waals surface area contributed by atoms with Crippen molar-refractivity contribution in [1.82, 2.24) is 10.6 Å². The molecule has 11 nitrogen and oxygen atoms in total. The van der Waals surface area contributed by atoms with E-state index < -0.39 is 55.9 Å². The maximum Gasteiger partial charge on any atom is 0.509 e. The van der Waals surface area contributed by atoms with Crippen LogP contribution in [-0.2, 0) is 33.2 Å². The lowest BCUT2D eigenvalue weighted by Gasteiger charge is -2.22. The number of aliphatic carboxylic acids is 1. The highest BCUT2D eigenvalue weighted by atomic mass is 35.5. The topological polar surface area (TPSA) is 157 Å². The number of esters is 1. The van der Waals surface area contributed by atoms with E-state index in [0.29, 0.717) is 11.4 Å². The van der Waals surface area contributed by atoms with Crippen molar-refractivity contribution in [2.24, 2.45) is 5.92 Å². The number of ether oxygens (including phenoxy) is 1. The van der Waals surface area contributed by atoms with Gasteiger partial charge >= 0.3 is 25.6 Å². The van der Waals surface area contributed by atoms with Crippen LogP contribution in [0.25, 0.3) is 0 Å². The Morgan fingerprint density at radius 2 is 1.94 bits per heavy atom. The van der Waals surface area contributed by atoms with E-state index in [1.807, 2.05) is 0 Å². The zero-order valence-corrected chi connectivity index (χ0v) is 19.7. The van der Waals surface area contributed by atoms with E-state index in [2.05, 4.69) is 15.3 Å². The fourth-order valence-electron chi connectivity index (χ4n) is 2.99. The summed E-state index contributed by atoms with van der Waals surface area (Å²) in [6, 6.07) is 4.41. The molecule has 0 saturated carbocycles. The van der Waals surface area contributed by atoms with Crippen LogP contribution in [0.1, 0.15) is 36.5 Å². The molecule has 0 aliphatic carbocycles. The molecule has 2 amide bonds. The first-order valence-corrected chi connectivity index (χ1v) is 11.0. The Balaban J connectivity index is 1.67. The normalized spacial score (nSPS) is 17.8. The molecule has 1 saturated heterocycles. The van der Waals surface area contributed by atoms with Gasteiger partial charge in [-0.05, 0) is 30.5 Å². The summed E-state index contributed by atoms with van der Waals surface area (Å²) in [7, 11) is -0.428. The lowest BCUT2D eigenvalue weighted by molar-refractivity contribution is -0.160. The number of carboxylic acids is 1. The summed E-state index contributed by atoms with van der Waals surface area (Å²) in [6.07, 6.45) is -0.855. The van der Waals surface area contributed by atoms with E-state index in [1.54, 1.807) is 6.92 Å². The predicted octanol–water partition coefficient (Wildman–Crippen LogP) is 0.852. The molecule has 0 spiro atoms. The summed E-state index contributed by atoms with van der Waals surface area (Å²) >= 11 is 11.8. The Bertz CT molecular complexity index is 962. The van der Waals surface area contributed by atoms with Crippen LogP contribution >= 0.6 is 23.2 Å². The lowest BCUT2D eigenvalue weighted by atomic mass is 9.95. The summed E-state index contributed by atoms with van der Waals surface area (Å²) in [5.74, 6) is -4.17. The number of hydrogen-bond donors (Lipinski definition) is 3. The molecule has 2 rings (SSSR count). The van der Waals surface area contributed by atoms with Crippen LogP contribution in [0.4, 0.5) is 0 Å². The largest absolute Gasteiger partial charge is 0.510 e. The SMILES string of the molecule is CC(CCNC(=O)CNC(=O)c1cc(Cl)ccc1Cl)COC(=O)CC1(CC(=O)O)OBOC1=O. The van der Waals surface area contributed by atoms with Gasteiger partial charge in [-0.25, -0.2) is 0 Å². The van der Waals surface area contributed by atoms with E-state index >= 15 is 0 Å². The minimum absolute atomic E-state index is 0.0170. The van der Waals surface area contributed by atoms with Gasteiger partial charge in [-0.1, -0.05) is 30.1 Å². The fourth-order valence-corrected chi connectivity index (χ4v) is 3.37. The van der Waals surface area contributed by atoms with Crippen molar-refractivity contribution >= 4 is 60.6 Å². The van der Waals surface area contributed by atoms with Crippen molar-refractivity contribution in [3.8, 4) is 0 Å². The van der Waals surface area contributed by atoms with Crippen molar-refractivity contribution in [2.75, 3.05) is 19.7 Å². The van der Waals surface area contributed by atoms with Gasteiger partial charge in [0.05, 0.1) is 36.6 Å². The molecule has 0 aromatic heterocycles. The Labute approximate surface area is 205 Å². The first kappa shape index (κ1) is 27.4. The molecule has 1 aliphatic heterocycles. The minimum Gasteiger partial charge on any atom is -0.510 e. The zero-order valence-electron chi connectivity index (χ0n) is 18.2. The van der Waals surface area contributed by atoms with Crippen LogP contribution in [0.5, 0.6) is 0 Å². The van der Waals surface area contributed by atoms with Gasteiger partial charge in [0.2, 0.25) is 5.91 Å². The van der Waals surface area contributed by atoms with Crippen molar-refractivity contribution in [3.05, 3.63) is 33.8 Å². The standard InChI is InChI=1S/C20H23BCl2N2O9/c1-11(10-32-17(29)8-20(7-16(27)28)19(31)33-21-34-20)4-5-24-15(26)9-25-18(30)13-6-12(22)2-3-14(13)23/h2-3,6,11,21H,4-5,7-10H2,1H3,(H,24,26)(H,25,30)(H,27,28). The van der Waals surface area contributed by atoms with Gasteiger partial charge in [0.1, 0.15) is 0 Å². The van der Waals surface area contributed by atoms with Crippen LogP contribution in [0.15, 0.2) is 18.2 Å². The quantitative estimate of drug-likeness (QED) is 0.270. The van der Waals surface area contributed by atoms with Gasteiger partial charge < -0.3 is 29.8 Å². The molecule has 2 unspecified atom stereocenters. The van der Waals surface area contributed by atoms with E-state index in [9.17, 15) is 24.0 Å². The van der Waals surface area contributed by atoms with E-state index in [4.69, 9.17) is 37.7 Å². The first-order chi connectivity index (χ1) is 16.0. The van der Waals surface area contributed by atoms with Gasteiger partial charge in [-0.2, -0.15) is 0 Å². The molecule has 3 N–H and O–H groups in total. The molecule has 0 radical (unpaired) electrons. The van der Waals surface area contributed by atoms with Gasteiger partial charge in [0.25, 0.3) is 5.91 Å². The molecule has 34 heavy (non-hydrogen) atoms. The Hall–Kier alpha value is -2.83. The molecule has 184 valence electrons. The van der Waals surface area contributed by atoms with Crippen LogP contribution in [0.3, 0.4) is 0 Å². The Kier molecular flexibility index (Phi) is 10.1. The molecular weight excluding hydrogens is 494 g/mol. The Morgan fingerprint density at radius 3 is 2.59 bits per heavy atom. The smallest absolute Gasteiger partial charge is 0.509 e. The zero-order chi connectivity index (χ0) is 25.3. The van der Waals surface area contributed by atoms with Crippen LogP contribution < -0.4 is 10.6 Å². The highest BCUT2D eigenvalue weighted by Crippen LogP contribution is 2.28. The summed E-state index contributed by atoms with van der Waals surface area (Å²) in [4.78, 5) is 59.0. The molecule has 0 bridgehead atoms. The summed E-state index contributed by atoms with van der Waals surface area (Å²) in [5, 5.41) is 14.6. The number of nitrogens with one attached hydrogen (secondary N) is 2.